The Morgan fingerprint density at radius 3 is 2.12 bits per heavy atom. The highest BCUT2D eigenvalue weighted by atomic mass is 19.3. The number of halogens is 2. The van der Waals surface area contributed by atoms with Gasteiger partial charge < -0.3 is 33.5 Å². The van der Waals surface area contributed by atoms with Gasteiger partial charge in [-0.15, -0.1) is 0 Å². The highest BCUT2D eigenvalue weighted by Gasteiger charge is 2.55. The van der Waals surface area contributed by atoms with E-state index < -0.39 is 29.5 Å². The van der Waals surface area contributed by atoms with Crippen LogP contribution in [0.5, 0.6) is 28.7 Å². The summed E-state index contributed by atoms with van der Waals surface area (Å²) in [7, 11) is 7.17. The molecule has 0 unspecified atom stereocenters. The maximum atomic E-state index is 15.6. The molecule has 2 aliphatic rings. The molecule has 9 nitrogen and oxygen atoms in total. The second-order valence-electron chi connectivity index (χ2n) is 9.88. The van der Waals surface area contributed by atoms with Crippen LogP contribution in [0.25, 0.3) is 0 Å². The minimum atomic E-state index is -3.89. The molecular weight excluding hydrogens is 526 g/mol. The molecule has 2 bridgehead atoms. The largest absolute Gasteiger partial charge is 0.493 e. The first-order chi connectivity index (χ1) is 19.2. The number of methoxy groups -OCH3 is 5. The van der Waals surface area contributed by atoms with Gasteiger partial charge in [0, 0.05) is 18.7 Å². The quantitative estimate of drug-likeness (QED) is 0.361. The smallest absolute Gasteiger partial charge is 0.350 e. The fraction of sp³-hybridized carbons (Fsp3) is 0.517. The molecule has 0 saturated carbocycles. The summed E-state index contributed by atoms with van der Waals surface area (Å²) in [6.45, 7) is 0.743. The van der Waals surface area contributed by atoms with E-state index in [0.29, 0.717) is 30.9 Å². The van der Waals surface area contributed by atoms with E-state index >= 15 is 8.78 Å². The predicted octanol–water partition coefficient (Wildman–Crippen LogP) is 4.05. The summed E-state index contributed by atoms with van der Waals surface area (Å²) in [5.74, 6) is -4.07. The third-order valence-corrected chi connectivity index (χ3v) is 7.65. The Kier molecular flexibility index (Phi) is 8.90. The van der Waals surface area contributed by atoms with Crippen molar-refractivity contribution in [3.8, 4) is 28.7 Å². The lowest BCUT2D eigenvalue weighted by molar-refractivity contribution is -0.170. The maximum absolute atomic E-state index is 15.6. The summed E-state index contributed by atoms with van der Waals surface area (Å²) in [6.07, 6.45) is 3.23. The third-order valence-electron chi connectivity index (χ3n) is 7.65. The maximum Gasteiger partial charge on any atom is 0.350 e. The van der Waals surface area contributed by atoms with Crippen molar-refractivity contribution in [2.24, 2.45) is 0 Å². The van der Waals surface area contributed by atoms with Gasteiger partial charge in [0.2, 0.25) is 11.7 Å². The van der Waals surface area contributed by atoms with E-state index in [9.17, 15) is 9.59 Å². The van der Waals surface area contributed by atoms with Gasteiger partial charge in [-0.25, -0.2) is 0 Å². The molecule has 2 aromatic carbocycles. The number of amides is 2. The Morgan fingerprint density at radius 1 is 0.875 bits per heavy atom. The van der Waals surface area contributed by atoms with Crippen LogP contribution in [0, 0.1) is 0 Å². The molecule has 2 fully saturated rings. The first kappa shape index (κ1) is 29.2. The van der Waals surface area contributed by atoms with Crippen LogP contribution in [0.2, 0.25) is 0 Å². The van der Waals surface area contributed by atoms with Crippen LogP contribution in [-0.2, 0) is 21.9 Å². The van der Waals surface area contributed by atoms with E-state index in [0.717, 1.165) is 41.9 Å². The SMILES string of the molecule is COc1ccc(CCCCN2C[C@H]3CC[C@@H](C2=O)N3C(=O)C(F)(F)c2cc(OC)c(OC)c(OC)c2)cc1OC. The number of carbonyl (C=O) groups is 2. The molecule has 0 aliphatic carbocycles. The molecule has 0 N–H and O–H groups in total. The van der Waals surface area contributed by atoms with E-state index in [-0.39, 0.29) is 29.7 Å². The molecule has 0 aromatic heterocycles. The van der Waals surface area contributed by atoms with Crippen molar-refractivity contribution >= 4 is 11.8 Å². The molecule has 2 heterocycles. The lowest BCUT2D eigenvalue weighted by atomic mass is 10.0. The monoisotopic (exact) mass is 562 g/mol. The van der Waals surface area contributed by atoms with Gasteiger partial charge in [-0.05, 0) is 61.9 Å². The molecule has 218 valence electrons. The Morgan fingerprint density at radius 2 is 1.52 bits per heavy atom. The van der Waals surface area contributed by atoms with E-state index in [2.05, 4.69) is 0 Å². The second kappa shape index (κ2) is 12.2. The summed E-state index contributed by atoms with van der Waals surface area (Å²) in [6, 6.07) is 6.54. The van der Waals surface area contributed by atoms with Crippen LogP contribution in [0.4, 0.5) is 8.78 Å². The number of hydrogen-bond donors (Lipinski definition) is 0. The highest BCUT2D eigenvalue weighted by molar-refractivity contribution is 5.93. The summed E-state index contributed by atoms with van der Waals surface area (Å²) in [5.41, 5.74) is 0.505. The molecule has 11 heteroatoms. The van der Waals surface area contributed by atoms with Gasteiger partial charge in [0.05, 0.1) is 41.6 Å². The van der Waals surface area contributed by atoms with Crippen molar-refractivity contribution < 1.29 is 42.1 Å². The van der Waals surface area contributed by atoms with Crippen molar-refractivity contribution in [2.75, 3.05) is 48.6 Å². The summed E-state index contributed by atoms with van der Waals surface area (Å²) in [4.78, 5) is 29.3. The Hall–Kier alpha value is -3.76. The Labute approximate surface area is 232 Å². The zero-order valence-electron chi connectivity index (χ0n) is 23.5. The Bertz CT molecular complexity index is 1210. The van der Waals surface area contributed by atoms with Crippen molar-refractivity contribution in [3.05, 3.63) is 41.5 Å². The van der Waals surface area contributed by atoms with Crippen LogP contribution >= 0.6 is 0 Å². The minimum absolute atomic E-state index is 0.0151. The first-order valence-corrected chi connectivity index (χ1v) is 13.2. The number of benzene rings is 2. The van der Waals surface area contributed by atoms with E-state index in [1.165, 1.54) is 21.3 Å². The topological polar surface area (TPSA) is 86.8 Å². The van der Waals surface area contributed by atoms with E-state index in [4.69, 9.17) is 23.7 Å². The number of rotatable bonds is 12. The van der Waals surface area contributed by atoms with Gasteiger partial charge in [0.1, 0.15) is 6.04 Å². The van der Waals surface area contributed by atoms with E-state index in [1.54, 1.807) is 19.1 Å². The fourth-order valence-electron chi connectivity index (χ4n) is 5.58. The van der Waals surface area contributed by atoms with Crippen molar-refractivity contribution in [3.63, 3.8) is 0 Å². The Balaban J connectivity index is 1.41. The molecule has 40 heavy (non-hydrogen) atoms. The van der Waals surface area contributed by atoms with Crippen molar-refractivity contribution in [2.45, 2.75) is 50.1 Å². The predicted molar refractivity (Wildman–Crippen MR) is 143 cm³/mol. The third kappa shape index (κ3) is 5.46. The number of ether oxygens (including phenoxy) is 5. The van der Waals surface area contributed by atoms with Crippen LogP contribution in [0.15, 0.2) is 30.3 Å². The van der Waals surface area contributed by atoms with E-state index in [1.807, 2.05) is 18.2 Å². The van der Waals surface area contributed by atoms with Gasteiger partial charge in [-0.2, -0.15) is 8.78 Å². The van der Waals surface area contributed by atoms with Crippen LogP contribution < -0.4 is 23.7 Å². The average Bonchev–Trinajstić information content (AvgIpc) is 3.32. The molecule has 2 saturated heterocycles. The number of carbonyl (C=O) groups excluding carboxylic acids is 2. The molecule has 0 radical (unpaired) electrons. The second-order valence-corrected chi connectivity index (χ2v) is 9.88. The average molecular weight is 563 g/mol. The van der Waals surface area contributed by atoms with Gasteiger partial charge in [-0.3, -0.25) is 9.59 Å². The van der Waals surface area contributed by atoms with Gasteiger partial charge in [-0.1, -0.05) is 6.07 Å². The molecule has 2 atom stereocenters. The zero-order chi connectivity index (χ0) is 29.0. The van der Waals surface area contributed by atoms with Crippen molar-refractivity contribution in [1.82, 2.24) is 9.80 Å². The number of piperazine rings is 1. The summed E-state index contributed by atoms with van der Waals surface area (Å²) < 4.78 is 57.5. The number of aryl methyl sites for hydroxylation is 1. The minimum Gasteiger partial charge on any atom is -0.493 e. The molecule has 2 aliphatic heterocycles. The number of likely N-dealkylation sites (tertiary alicyclic amines) is 1. The number of alkyl halides is 2. The molecule has 4 rings (SSSR count). The molecule has 2 aromatic rings. The van der Waals surface area contributed by atoms with Crippen LogP contribution in [0.3, 0.4) is 0 Å². The number of hydrogen-bond acceptors (Lipinski definition) is 7. The van der Waals surface area contributed by atoms with Crippen LogP contribution in [-0.4, -0.2) is 82.3 Å². The summed E-state index contributed by atoms with van der Waals surface area (Å²) >= 11 is 0. The highest BCUT2D eigenvalue weighted by Crippen LogP contribution is 2.44. The zero-order valence-corrected chi connectivity index (χ0v) is 23.5. The first-order valence-electron chi connectivity index (χ1n) is 13.2. The molecular formula is C29H36F2N2O7. The molecule has 0 spiro atoms. The summed E-state index contributed by atoms with van der Waals surface area (Å²) in [5, 5.41) is 0. The number of unbranched alkanes of at least 4 members (excludes halogenated alkanes) is 1. The fourth-order valence-corrected chi connectivity index (χ4v) is 5.58. The lowest BCUT2D eigenvalue weighted by Gasteiger charge is -2.41. The van der Waals surface area contributed by atoms with Gasteiger partial charge >= 0.3 is 5.92 Å². The van der Waals surface area contributed by atoms with Crippen molar-refractivity contribution in [1.29, 1.82) is 0 Å². The molecule has 2 amide bonds. The van der Waals surface area contributed by atoms with Gasteiger partial charge in [0.15, 0.2) is 23.0 Å². The number of fused-ring (bicyclic) bond motifs is 2. The van der Waals surface area contributed by atoms with Gasteiger partial charge in [0.25, 0.3) is 5.91 Å². The number of nitrogens with zero attached hydrogens (tertiary/aromatic N) is 2. The normalized spacial score (nSPS) is 18.5. The lowest BCUT2D eigenvalue weighted by Crippen LogP contribution is -2.61. The van der Waals surface area contributed by atoms with Crippen LogP contribution in [0.1, 0.15) is 36.8 Å². The standard InChI is InChI=1S/C29H36F2N2O7/c1-36-22-12-9-18(14-23(22)37-2)8-6-7-13-32-17-20-10-11-21(27(32)34)33(20)28(35)29(30,31)19-15-24(38-3)26(40-5)25(16-19)39-4/h9,12,14-16,20-21H,6-8,10-11,13,17H2,1-5H3/t20-,21+/m1/s1.